The molecule has 7 nitrogen and oxygen atoms in total. The van der Waals surface area contributed by atoms with Crippen LogP contribution in [0.3, 0.4) is 0 Å². The summed E-state index contributed by atoms with van der Waals surface area (Å²) >= 11 is 0. The fourth-order valence-corrected chi connectivity index (χ4v) is 3.53. The van der Waals surface area contributed by atoms with Gasteiger partial charge in [-0.15, -0.1) is 0 Å². The number of benzene rings is 2. The molecular formula is C22H25FN4O3. The molecule has 2 aromatic rings. The molecule has 0 aliphatic carbocycles. The van der Waals surface area contributed by atoms with Crippen LogP contribution < -0.4 is 10.6 Å². The number of imide groups is 1. The summed E-state index contributed by atoms with van der Waals surface area (Å²) in [6, 6.07) is 14.2. The number of hydrogen-bond donors (Lipinski definition) is 2. The standard InChI is InChI=1S/C22H25FN4O3/c1-22(16-9-5-4-6-10-16)20(29)27(21(30)25-22)14-19(28)24-13-18(26(2)3)15-8-7-11-17(23)12-15/h4-12,18H,13-14H2,1-3H3,(H,24,28)(H,25,30). The van der Waals surface area contributed by atoms with E-state index in [9.17, 15) is 18.8 Å². The SMILES string of the molecule is CN(C)C(CNC(=O)CN1C(=O)NC(C)(c2ccccc2)C1=O)c1cccc(F)c1. The molecule has 1 heterocycles. The van der Waals surface area contributed by atoms with Crippen LogP contribution in [-0.4, -0.2) is 54.8 Å². The molecule has 8 heteroatoms. The van der Waals surface area contributed by atoms with Gasteiger partial charge in [0.1, 0.15) is 17.9 Å². The van der Waals surface area contributed by atoms with E-state index in [-0.39, 0.29) is 18.4 Å². The van der Waals surface area contributed by atoms with Gasteiger partial charge in [0.15, 0.2) is 0 Å². The fourth-order valence-electron chi connectivity index (χ4n) is 3.53. The molecule has 30 heavy (non-hydrogen) atoms. The van der Waals surface area contributed by atoms with E-state index >= 15 is 0 Å². The molecule has 2 aromatic carbocycles. The third-order valence-electron chi connectivity index (χ3n) is 5.28. The molecule has 3 rings (SSSR count). The van der Waals surface area contributed by atoms with Crippen LogP contribution in [0.25, 0.3) is 0 Å². The molecule has 158 valence electrons. The van der Waals surface area contributed by atoms with Crippen molar-refractivity contribution in [3.63, 3.8) is 0 Å². The molecule has 1 saturated heterocycles. The van der Waals surface area contributed by atoms with Gasteiger partial charge in [-0.25, -0.2) is 9.18 Å². The van der Waals surface area contributed by atoms with Crippen LogP contribution in [0, 0.1) is 5.82 Å². The van der Waals surface area contributed by atoms with Gasteiger partial charge in [0, 0.05) is 6.54 Å². The molecule has 0 aromatic heterocycles. The Bertz CT molecular complexity index is 950. The minimum absolute atomic E-state index is 0.203. The highest BCUT2D eigenvalue weighted by atomic mass is 19.1. The van der Waals surface area contributed by atoms with Crippen molar-refractivity contribution in [2.24, 2.45) is 0 Å². The van der Waals surface area contributed by atoms with Crippen molar-refractivity contribution in [2.45, 2.75) is 18.5 Å². The van der Waals surface area contributed by atoms with Crippen molar-refractivity contribution in [1.29, 1.82) is 0 Å². The van der Waals surface area contributed by atoms with Crippen LogP contribution in [0.5, 0.6) is 0 Å². The number of urea groups is 1. The number of hydrogen-bond acceptors (Lipinski definition) is 4. The van der Waals surface area contributed by atoms with E-state index in [0.29, 0.717) is 11.1 Å². The van der Waals surface area contributed by atoms with Gasteiger partial charge in [0.25, 0.3) is 5.91 Å². The third-order valence-corrected chi connectivity index (χ3v) is 5.28. The highest BCUT2D eigenvalue weighted by Crippen LogP contribution is 2.28. The number of nitrogens with one attached hydrogen (secondary N) is 2. The van der Waals surface area contributed by atoms with Crippen molar-refractivity contribution in [1.82, 2.24) is 20.4 Å². The first-order chi connectivity index (χ1) is 14.2. The van der Waals surface area contributed by atoms with Gasteiger partial charge in [-0.05, 0) is 44.3 Å². The Hall–Kier alpha value is -3.26. The lowest BCUT2D eigenvalue weighted by molar-refractivity contribution is -0.134. The lowest BCUT2D eigenvalue weighted by Crippen LogP contribution is -2.44. The van der Waals surface area contributed by atoms with E-state index < -0.39 is 29.9 Å². The Balaban J connectivity index is 1.65. The topological polar surface area (TPSA) is 81.8 Å². The summed E-state index contributed by atoms with van der Waals surface area (Å²) in [5.74, 6) is -1.31. The van der Waals surface area contributed by atoms with Crippen LogP contribution >= 0.6 is 0 Å². The van der Waals surface area contributed by atoms with E-state index in [1.807, 2.05) is 25.1 Å². The Morgan fingerprint density at radius 3 is 2.50 bits per heavy atom. The van der Waals surface area contributed by atoms with Gasteiger partial charge in [0.2, 0.25) is 5.91 Å². The number of nitrogens with zero attached hydrogens (tertiary/aromatic N) is 2. The first-order valence-corrected chi connectivity index (χ1v) is 9.60. The molecule has 2 atom stereocenters. The van der Waals surface area contributed by atoms with Crippen LogP contribution in [0.15, 0.2) is 54.6 Å². The first-order valence-electron chi connectivity index (χ1n) is 9.60. The van der Waals surface area contributed by atoms with Crippen molar-refractivity contribution in [2.75, 3.05) is 27.2 Å². The highest BCUT2D eigenvalue weighted by molar-refractivity contribution is 6.09. The molecule has 1 aliphatic rings. The summed E-state index contributed by atoms with van der Waals surface area (Å²) in [6.45, 7) is 1.43. The predicted octanol–water partition coefficient (Wildman–Crippen LogP) is 2.01. The number of amides is 4. The van der Waals surface area contributed by atoms with Crippen LogP contribution in [0.2, 0.25) is 0 Å². The lowest BCUT2D eigenvalue weighted by atomic mass is 9.92. The Morgan fingerprint density at radius 2 is 1.87 bits per heavy atom. The normalized spacial score (nSPS) is 19.7. The van der Waals surface area contributed by atoms with Crippen molar-refractivity contribution >= 4 is 17.8 Å². The highest BCUT2D eigenvalue weighted by Gasteiger charge is 2.49. The zero-order valence-corrected chi connectivity index (χ0v) is 17.2. The van der Waals surface area contributed by atoms with Crippen molar-refractivity contribution < 1.29 is 18.8 Å². The lowest BCUT2D eigenvalue weighted by Gasteiger charge is -2.25. The van der Waals surface area contributed by atoms with Gasteiger partial charge in [-0.1, -0.05) is 42.5 Å². The van der Waals surface area contributed by atoms with Gasteiger partial charge >= 0.3 is 6.03 Å². The molecule has 0 spiro atoms. The van der Waals surface area contributed by atoms with Gasteiger partial charge in [-0.2, -0.15) is 0 Å². The van der Waals surface area contributed by atoms with E-state index in [1.54, 1.807) is 43.3 Å². The molecule has 2 unspecified atom stereocenters. The van der Waals surface area contributed by atoms with Gasteiger partial charge < -0.3 is 15.5 Å². The van der Waals surface area contributed by atoms with Gasteiger partial charge in [0.05, 0.1) is 6.04 Å². The number of likely N-dealkylation sites (N-methyl/N-ethyl adjacent to an activating group) is 1. The number of carbonyl (C=O) groups excluding carboxylic acids is 3. The summed E-state index contributed by atoms with van der Waals surface area (Å²) in [5.41, 5.74) is 0.142. The summed E-state index contributed by atoms with van der Waals surface area (Å²) in [5, 5.41) is 5.41. The maximum Gasteiger partial charge on any atom is 0.325 e. The zero-order valence-electron chi connectivity index (χ0n) is 17.2. The monoisotopic (exact) mass is 412 g/mol. The Morgan fingerprint density at radius 1 is 1.17 bits per heavy atom. The molecule has 0 radical (unpaired) electrons. The second-order valence-corrected chi connectivity index (χ2v) is 7.65. The molecule has 1 fully saturated rings. The summed E-state index contributed by atoms with van der Waals surface area (Å²) in [6.07, 6.45) is 0. The molecule has 1 aliphatic heterocycles. The van der Waals surface area contributed by atoms with Crippen molar-refractivity contribution in [3.05, 3.63) is 71.5 Å². The average molecular weight is 412 g/mol. The van der Waals surface area contributed by atoms with E-state index in [4.69, 9.17) is 0 Å². The molecular weight excluding hydrogens is 387 g/mol. The Labute approximate surface area is 174 Å². The number of rotatable bonds is 7. The molecule has 4 amide bonds. The largest absolute Gasteiger partial charge is 0.353 e. The second-order valence-electron chi connectivity index (χ2n) is 7.65. The van der Waals surface area contributed by atoms with Crippen LogP contribution in [-0.2, 0) is 15.1 Å². The maximum atomic E-state index is 13.6. The van der Waals surface area contributed by atoms with Gasteiger partial charge in [-0.3, -0.25) is 14.5 Å². The zero-order chi connectivity index (χ0) is 21.9. The fraction of sp³-hybridized carbons (Fsp3) is 0.318. The summed E-state index contributed by atoms with van der Waals surface area (Å²) < 4.78 is 13.6. The average Bonchev–Trinajstić information content (AvgIpc) is 2.92. The summed E-state index contributed by atoms with van der Waals surface area (Å²) in [7, 11) is 3.65. The Kier molecular flexibility index (Phi) is 6.17. The third kappa shape index (κ3) is 4.33. The second kappa shape index (κ2) is 8.62. The van der Waals surface area contributed by atoms with Crippen molar-refractivity contribution in [3.8, 4) is 0 Å². The minimum Gasteiger partial charge on any atom is -0.353 e. The molecule has 2 N–H and O–H groups in total. The summed E-state index contributed by atoms with van der Waals surface area (Å²) in [4.78, 5) is 40.5. The minimum atomic E-state index is -1.22. The van der Waals surface area contributed by atoms with Crippen LogP contribution in [0.1, 0.15) is 24.1 Å². The first kappa shape index (κ1) is 21.4. The van der Waals surface area contributed by atoms with Crippen LogP contribution in [0.4, 0.5) is 9.18 Å². The van der Waals surface area contributed by atoms with E-state index in [2.05, 4.69) is 10.6 Å². The number of halogens is 1. The molecule has 0 saturated carbocycles. The molecule has 0 bridgehead atoms. The van der Waals surface area contributed by atoms with E-state index in [1.165, 1.54) is 12.1 Å². The van der Waals surface area contributed by atoms with E-state index in [0.717, 1.165) is 4.90 Å². The maximum absolute atomic E-state index is 13.6. The number of carbonyl (C=O) groups is 3. The quantitative estimate of drug-likeness (QED) is 0.682. The smallest absolute Gasteiger partial charge is 0.325 e. The predicted molar refractivity (Wildman–Crippen MR) is 110 cm³/mol.